The summed E-state index contributed by atoms with van der Waals surface area (Å²) in [6, 6.07) is 0.279. The molecule has 2 rings (SSSR count). The van der Waals surface area contributed by atoms with E-state index in [1.807, 2.05) is 27.7 Å². The van der Waals surface area contributed by atoms with Gasteiger partial charge in [-0.3, -0.25) is 9.59 Å². The van der Waals surface area contributed by atoms with Crippen molar-refractivity contribution in [1.29, 1.82) is 0 Å². The summed E-state index contributed by atoms with van der Waals surface area (Å²) in [5.74, 6) is 0.746. The smallest absolute Gasteiger partial charge is 0.224 e. The summed E-state index contributed by atoms with van der Waals surface area (Å²) in [6.07, 6.45) is 3.25. The molecule has 0 radical (unpaired) electrons. The number of carbonyl (C=O) groups is 2. The fourth-order valence-electron chi connectivity index (χ4n) is 3.81. The van der Waals surface area contributed by atoms with Crippen LogP contribution in [0, 0.1) is 23.7 Å². The first-order valence-corrected chi connectivity index (χ1v) is 7.51. The first-order chi connectivity index (χ1) is 8.90. The zero-order valence-electron chi connectivity index (χ0n) is 12.4. The third-order valence-corrected chi connectivity index (χ3v) is 4.38. The third-order valence-electron chi connectivity index (χ3n) is 4.38. The lowest BCUT2D eigenvalue weighted by Gasteiger charge is -2.30. The second-order valence-corrected chi connectivity index (χ2v) is 6.71. The molecule has 0 aromatic carbocycles. The molecular weight excluding hydrogens is 240 g/mol. The fourth-order valence-corrected chi connectivity index (χ4v) is 3.81. The van der Waals surface area contributed by atoms with Crippen LogP contribution < -0.4 is 10.6 Å². The molecule has 4 nitrogen and oxygen atoms in total. The van der Waals surface area contributed by atoms with Gasteiger partial charge in [0.05, 0.1) is 11.8 Å². The summed E-state index contributed by atoms with van der Waals surface area (Å²) in [4.78, 5) is 24.7. The van der Waals surface area contributed by atoms with E-state index < -0.39 is 0 Å². The highest BCUT2D eigenvalue weighted by atomic mass is 16.2. The zero-order chi connectivity index (χ0) is 14.2. The van der Waals surface area contributed by atoms with Gasteiger partial charge in [-0.25, -0.2) is 0 Å². The van der Waals surface area contributed by atoms with Gasteiger partial charge in [0.15, 0.2) is 0 Å². The van der Waals surface area contributed by atoms with Gasteiger partial charge in [0.25, 0.3) is 0 Å². The van der Waals surface area contributed by atoms with E-state index >= 15 is 0 Å². The minimum absolute atomic E-state index is 0.0751. The zero-order valence-corrected chi connectivity index (χ0v) is 12.4. The van der Waals surface area contributed by atoms with Crippen LogP contribution in [0.1, 0.15) is 47.0 Å². The van der Waals surface area contributed by atoms with Crippen LogP contribution >= 0.6 is 0 Å². The van der Waals surface area contributed by atoms with Crippen LogP contribution in [0.3, 0.4) is 0 Å². The molecule has 0 heterocycles. The van der Waals surface area contributed by atoms with E-state index in [0.29, 0.717) is 11.8 Å². The van der Waals surface area contributed by atoms with Gasteiger partial charge in [0.2, 0.25) is 11.8 Å². The quantitative estimate of drug-likeness (QED) is 0.813. The summed E-state index contributed by atoms with van der Waals surface area (Å²) in [6.45, 7) is 7.87. The van der Waals surface area contributed by atoms with Crippen LogP contribution in [0.25, 0.3) is 0 Å². The van der Waals surface area contributed by atoms with Gasteiger partial charge in [0.1, 0.15) is 0 Å². The summed E-state index contributed by atoms with van der Waals surface area (Å²) in [5.41, 5.74) is 0. The molecule has 0 saturated heterocycles. The molecule has 0 aromatic heterocycles. The molecule has 4 heteroatoms. The number of hydrogen-bond donors (Lipinski definition) is 2. The summed E-state index contributed by atoms with van der Waals surface area (Å²) >= 11 is 0. The average Bonchev–Trinajstić information content (AvgIpc) is 2.85. The number of carbonyl (C=O) groups excluding carboxylic acids is 2. The first-order valence-electron chi connectivity index (χ1n) is 7.51. The van der Waals surface area contributed by atoms with Gasteiger partial charge in [-0.1, -0.05) is 0 Å². The van der Waals surface area contributed by atoms with Gasteiger partial charge < -0.3 is 10.6 Å². The molecular formula is C15H26N2O2. The van der Waals surface area contributed by atoms with E-state index in [4.69, 9.17) is 0 Å². The molecule has 2 bridgehead atoms. The summed E-state index contributed by atoms with van der Waals surface area (Å²) < 4.78 is 0. The lowest BCUT2D eigenvalue weighted by molar-refractivity contribution is -0.137. The lowest BCUT2D eigenvalue weighted by atomic mass is 9.78. The van der Waals surface area contributed by atoms with Crippen molar-refractivity contribution in [2.24, 2.45) is 23.7 Å². The molecule has 2 aliphatic carbocycles. The number of rotatable bonds is 4. The number of fused-ring (bicyclic) bond motifs is 2. The average molecular weight is 266 g/mol. The minimum Gasteiger partial charge on any atom is -0.354 e. The molecule has 4 atom stereocenters. The number of amides is 2. The van der Waals surface area contributed by atoms with Crippen LogP contribution in [0.5, 0.6) is 0 Å². The highest BCUT2D eigenvalue weighted by Crippen LogP contribution is 2.52. The Morgan fingerprint density at radius 3 is 1.53 bits per heavy atom. The van der Waals surface area contributed by atoms with Crippen molar-refractivity contribution in [3.8, 4) is 0 Å². The predicted octanol–water partition coefficient (Wildman–Crippen LogP) is 1.70. The summed E-state index contributed by atoms with van der Waals surface area (Å²) in [7, 11) is 0. The SMILES string of the molecule is CC(C)NC(=O)C1C2CCC(C2)C1C(=O)NC(C)C. The van der Waals surface area contributed by atoms with Crippen LogP contribution in [0.2, 0.25) is 0 Å². The maximum absolute atomic E-state index is 12.4. The second kappa shape index (κ2) is 5.51. The third kappa shape index (κ3) is 2.93. The highest BCUT2D eigenvalue weighted by molar-refractivity contribution is 5.89. The Morgan fingerprint density at radius 2 is 1.21 bits per heavy atom. The standard InChI is InChI=1S/C15H26N2O2/c1-8(2)16-14(18)12-10-5-6-11(7-10)13(12)15(19)17-9(3)4/h8-13H,5-7H2,1-4H3,(H,16,18)(H,17,19). The molecule has 0 aliphatic heterocycles. The van der Waals surface area contributed by atoms with Crippen molar-refractivity contribution in [1.82, 2.24) is 10.6 Å². The molecule has 19 heavy (non-hydrogen) atoms. The van der Waals surface area contributed by atoms with Gasteiger partial charge >= 0.3 is 0 Å². The molecule has 4 unspecified atom stereocenters. The Hall–Kier alpha value is -1.06. The van der Waals surface area contributed by atoms with E-state index in [1.54, 1.807) is 0 Å². The maximum Gasteiger partial charge on any atom is 0.224 e. The number of nitrogens with one attached hydrogen (secondary N) is 2. The van der Waals surface area contributed by atoms with Crippen LogP contribution in [0.15, 0.2) is 0 Å². The Labute approximate surface area is 115 Å². The molecule has 2 N–H and O–H groups in total. The van der Waals surface area contributed by atoms with Crippen molar-refractivity contribution >= 4 is 11.8 Å². The molecule has 108 valence electrons. The topological polar surface area (TPSA) is 58.2 Å². The van der Waals surface area contributed by atoms with Crippen molar-refractivity contribution in [2.45, 2.75) is 59.0 Å². The Morgan fingerprint density at radius 1 is 0.842 bits per heavy atom. The Kier molecular flexibility index (Phi) is 4.16. The molecule has 2 aliphatic rings. The van der Waals surface area contributed by atoms with Crippen molar-refractivity contribution in [3.05, 3.63) is 0 Å². The normalized spacial score (nSPS) is 32.9. The predicted molar refractivity (Wildman–Crippen MR) is 74.4 cm³/mol. The van der Waals surface area contributed by atoms with Crippen molar-refractivity contribution < 1.29 is 9.59 Å². The molecule has 0 spiro atoms. The molecule has 2 fully saturated rings. The Bertz CT molecular complexity index is 331. The minimum atomic E-state index is -0.111. The largest absolute Gasteiger partial charge is 0.354 e. The van der Waals surface area contributed by atoms with Crippen LogP contribution in [-0.2, 0) is 9.59 Å². The van der Waals surface area contributed by atoms with Gasteiger partial charge in [0, 0.05) is 12.1 Å². The highest BCUT2D eigenvalue weighted by Gasteiger charge is 2.53. The van der Waals surface area contributed by atoms with E-state index in [0.717, 1.165) is 19.3 Å². The Balaban J connectivity index is 2.10. The van der Waals surface area contributed by atoms with E-state index in [1.165, 1.54) is 0 Å². The van der Waals surface area contributed by atoms with Crippen LogP contribution in [-0.4, -0.2) is 23.9 Å². The van der Waals surface area contributed by atoms with E-state index in [2.05, 4.69) is 10.6 Å². The lowest BCUT2D eigenvalue weighted by Crippen LogP contribution is -2.47. The van der Waals surface area contributed by atoms with Crippen molar-refractivity contribution in [2.75, 3.05) is 0 Å². The fraction of sp³-hybridized carbons (Fsp3) is 0.867. The van der Waals surface area contributed by atoms with E-state index in [-0.39, 0.29) is 35.7 Å². The van der Waals surface area contributed by atoms with Gasteiger partial charge in [-0.05, 0) is 58.8 Å². The molecule has 2 amide bonds. The second-order valence-electron chi connectivity index (χ2n) is 6.71. The van der Waals surface area contributed by atoms with Gasteiger partial charge in [-0.2, -0.15) is 0 Å². The van der Waals surface area contributed by atoms with Gasteiger partial charge in [-0.15, -0.1) is 0 Å². The number of hydrogen-bond acceptors (Lipinski definition) is 2. The maximum atomic E-state index is 12.4. The van der Waals surface area contributed by atoms with Crippen molar-refractivity contribution in [3.63, 3.8) is 0 Å². The van der Waals surface area contributed by atoms with Crippen LogP contribution in [0.4, 0.5) is 0 Å². The van der Waals surface area contributed by atoms with E-state index in [9.17, 15) is 9.59 Å². The molecule has 0 aromatic rings. The first kappa shape index (κ1) is 14.4. The summed E-state index contributed by atoms with van der Waals surface area (Å²) in [5, 5.41) is 5.98. The molecule has 2 saturated carbocycles. The monoisotopic (exact) mass is 266 g/mol.